The summed E-state index contributed by atoms with van der Waals surface area (Å²) < 4.78 is 0. The maximum atomic E-state index is 5.64. The molecule has 0 saturated heterocycles. The van der Waals surface area contributed by atoms with Crippen molar-refractivity contribution in [1.29, 1.82) is 0 Å². The van der Waals surface area contributed by atoms with Crippen LogP contribution in [0.3, 0.4) is 0 Å². The highest BCUT2D eigenvalue weighted by Crippen LogP contribution is 2.32. The van der Waals surface area contributed by atoms with Gasteiger partial charge in [-0.2, -0.15) is 0 Å². The van der Waals surface area contributed by atoms with Crippen molar-refractivity contribution in [3.63, 3.8) is 0 Å². The number of nitrogens with one attached hydrogen (secondary N) is 2. The lowest BCUT2D eigenvalue weighted by molar-refractivity contribution is 1.21. The molecule has 12 heavy (non-hydrogen) atoms. The van der Waals surface area contributed by atoms with Crippen molar-refractivity contribution in [2.45, 2.75) is 5.50 Å². The number of nitrogens with two attached hydrogens (primary N) is 1. The van der Waals surface area contributed by atoms with Crippen LogP contribution in [0.2, 0.25) is 0 Å². The van der Waals surface area contributed by atoms with E-state index in [1.807, 2.05) is 18.2 Å². The summed E-state index contributed by atoms with van der Waals surface area (Å²) in [6.07, 6.45) is 2.06. The van der Waals surface area contributed by atoms with Crippen LogP contribution >= 0.6 is 11.8 Å². The molecule has 3 nitrogen and oxygen atoms in total. The van der Waals surface area contributed by atoms with Gasteiger partial charge >= 0.3 is 0 Å². The van der Waals surface area contributed by atoms with Crippen LogP contribution in [0.5, 0.6) is 0 Å². The molecule has 1 aliphatic heterocycles. The molecule has 2 rings (SSSR count). The number of anilines is 3. The molecule has 1 aromatic carbocycles. The Bertz CT molecular complexity index is 300. The highest BCUT2D eigenvalue weighted by molar-refractivity contribution is 7.99. The summed E-state index contributed by atoms with van der Waals surface area (Å²) in [4.78, 5) is 0. The van der Waals surface area contributed by atoms with Gasteiger partial charge in [-0.3, -0.25) is 0 Å². The fourth-order valence-corrected chi connectivity index (χ4v) is 1.73. The zero-order valence-electron chi connectivity index (χ0n) is 6.79. The van der Waals surface area contributed by atoms with Crippen LogP contribution in [-0.2, 0) is 0 Å². The van der Waals surface area contributed by atoms with E-state index >= 15 is 0 Å². The number of fused-ring (bicyclic) bond motifs is 1. The molecule has 4 heteroatoms. The minimum absolute atomic E-state index is 0.279. The number of rotatable bonds is 1. The quantitative estimate of drug-likeness (QED) is 0.578. The van der Waals surface area contributed by atoms with E-state index in [1.54, 1.807) is 11.8 Å². The van der Waals surface area contributed by atoms with Gasteiger partial charge in [0, 0.05) is 5.69 Å². The van der Waals surface area contributed by atoms with E-state index in [2.05, 4.69) is 16.9 Å². The van der Waals surface area contributed by atoms with Crippen molar-refractivity contribution >= 4 is 28.8 Å². The molecule has 0 saturated carbocycles. The number of thioether (sulfide) groups is 1. The zero-order valence-corrected chi connectivity index (χ0v) is 7.61. The van der Waals surface area contributed by atoms with E-state index < -0.39 is 0 Å². The fraction of sp³-hybridized carbons (Fsp3) is 0.250. The van der Waals surface area contributed by atoms with E-state index in [-0.39, 0.29) is 5.50 Å². The van der Waals surface area contributed by atoms with E-state index in [4.69, 9.17) is 5.73 Å². The van der Waals surface area contributed by atoms with Gasteiger partial charge < -0.3 is 16.4 Å². The number of benzene rings is 1. The Hall–Kier alpha value is -1.03. The number of hydrogen-bond acceptors (Lipinski definition) is 4. The lowest BCUT2D eigenvalue weighted by Gasteiger charge is -2.06. The third-order valence-corrected chi connectivity index (χ3v) is 2.56. The molecular weight excluding hydrogens is 170 g/mol. The van der Waals surface area contributed by atoms with Crippen molar-refractivity contribution in [2.75, 3.05) is 22.6 Å². The maximum absolute atomic E-state index is 5.64. The molecule has 0 spiro atoms. The topological polar surface area (TPSA) is 50.1 Å². The molecule has 4 N–H and O–H groups in total. The average Bonchev–Trinajstić information content (AvgIpc) is 2.46. The highest BCUT2D eigenvalue weighted by Gasteiger charge is 2.17. The second-order valence-corrected chi connectivity index (χ2v) is 3.65. The van der Waals surface area contributed by atoms with Crippen molar-refractivity contribution in [3.05, 3.63) is 18.2 Å². The monoisotopic (exact) mass is 181 g/mol. The summed E-state index contributed by atoms with van der Waals surface area (Å²) in [5, 5.41) is 6.60. The number of hydrogen-bond donors (Lipinski definition) is 3. The minimum Gasteiger partial charge on any atom is -0.399 e. The van der Waals surface area contributed by atoms with Gasteiger partial charge in [0.05, 0.1) is 11.4 Å². The molecule has 0 bridgehead atoms. The van der Waals surface area contributed by atoms with Crippen molar-refractivity contribution in [2.24, 2.45) is 0 Å². The smallest absolute Gasteiger partial charge is 0.145 e. The lowest BCUT2D eigenvalue weighted by atomic mass is 10.2. The molecule has 1 aromatic rings. The predicted molar refractivity (Wildman–Crippen MR) is 55.4 cm³/mol. The molecular formula is C8H11N3S. The maximum Gasteiger partial charge on any atom is 0.145 e. The molecule has 1 atom stereocenters. The van der Waals surface area contributed by atoms with Gasteiger partial charge in [0.15, 0.2) is 0 Å². The molecule has 1 unspecified atom stereocenters. The highest BCUT2D eigenvalue weighted by atomic mass is 32.2. The molecule has 0 aliphatic carbocycles. The molecule has 64 valence electrons. The SMILES string of the molecule is CSC1Nc2ccc(N)cc2N1. The third kappa shape index (κ3) is 1.18. The van der Waals surface area contributed by atoms with Gasteiger partial charge in [0.2, 0.25) is 0 Å². The average molecular weight is 181 g/mol. The third-order valence-electron chi connectivity index (χ3n) is 1.85. The first kappa shape index (κ1) is 7.61. The Labute approximate surface area is 75.7 Å². The van der Waals surface area contributed by atoms with Crippen LogP contribution in [0.1, 0.15) is 0 Å². The first-order valence-corrected chi connectivity index (χ1v) is 5.04. The van der Waals surface area contributed by atoms with Crippen LogP contribution in [0.15, 0.2) is 18.2 Å². The van der Waals surface area contributed by atoms with E-state index in [0.29, 0.717) is 0 Å². The molecule has 0 fully saturated rings. The second-order valence-electron chi connectivity index (χ2n) is 2.71. The first-order chi connectivity index (χ1) is 5.79. The van der Waals surface area contributed by atoms with Crippen LogP contribution in [-0.4, -0.2) is 11.8 Å². The van der Waals surface area contributed by atoms with E-state index in [0.717, 1.165) is 17.1 Å². The van der Waals surface area contributed by atoms with Crippen LogP contribution in [0.25, 0.3) is 0 Å². The fourth-order valence-electron chi connectivity index (χ4n) is 1.24. The predicted octanol–water partition coefficient (Wildman–Crippen LogP) is 1.75. The second kappa shape index (κ2) is 2.79. The largest absolute Gasteiger partial charge is 0.399 e. The van der Waals surface area contributed by atoms with Crippen LogP contribution < -0.4 is 16.4 Å². The molecule has 0 amide bonds. The van der Waals surface area contributed by atoms with Gasteiger partial charge in [0.25, 0.3) is 0 Å². The molecule has 0 aromatic heterocycles. The van der Waals surface area contributed by atoms with Crippen LogP contribution in [0.4, 0.5) is 17.1 Å². The Morgan fingerprint density at radius 2 is 2.08 bits per heavy atom. The molecule has 1 aliphatic rings. The molecule has 1 heterocycles. The van der Waals surface area contributed by atoms with E-state index in [9.17, 15) is 0 Å². The van der Waals surface area contributed by atoms with Gasteiger partial charge in [-0.15, -0.1) is 11.8 Å². The Kier molecular flexibility index (Phi) is 1.77. The van der Waals surface area contributed by atoms with Gasteiger partial charge in [-0.25, -0.2) is 0 Å². The van der Waals surface area contributed by atoms with Crippen LogP contribution in [0, 0.1) is 0 Å². The zero-order chi connectivity index (χ0) is 8.55. The Balaban J connectivity index is 2.30. The van der Waals surface area contributed by atoms with Crippen molar-refractivity contribution in [3.8, 4) is 0 Å². The molecule has 0 radical (unpaired) electrons. The standard InChI is InChI=1S/C8H11N3S/c1-12-8-10-6-3-2-5(9)4-7(6)11-8/h2-4,8,10-11H,9H2,1H3. The van der Waals surface area contributed by atoms with Crippen molar-refractivity contribution < 1.29 is 0 Å². The Morgan fingerprint density at radius 3 is 2.83 bits per heavy atom. The summed E-state index contributed by atoms with van der Waals surface area (Å²) >= 11 is 1.73. The lowest BCUT2D eigenvalue weighted by Crippen LogP contribution is -2.16. The minimum atomic E-state index is 0.279. The Morgan fingerprint density at radius 1 is 1.33 bits per heavy atom. The van der Waals surface area contributed by atoms with Gasteiger partial charge in [-0.1, -0.05) is 0 Å². The van der Waals surface area contributed by atoms with Gasteiger partial charge in [0.1, 0.15) is 5.50 Å². The summed E-state index contributed by atoms with van der Waals surface area (Å²) in [6, 6.07) is 5.84. The summed E-state index contributed by atoms with van der Waals surface area (Å²) in [5.74, 6) is 0. The van der Waals surface area contributed by atoms with Crippen molar-refractivity contribution in [1.82, 2.24) is 0 Å². The summed E-state index contributed by atoms with van der Waals surface area (Å²) in [6.45, 7) is 0. The first-order valence-electron chi connectivity index (χ1n) is 3.75. The van der Waals surface area contributed by atoms with E-state index in [1.165, 1.54) is 0 Å². The summed E-state index contributed by atoms with van der Waals surface area (Å²) in [7, 11) is 0. The normalized spacial score (nSPS) is 19.6. The number of nitrogen functional groups attached to an aromatic ring is 1. The summed E-state index contributed by atoms with van der Waals surface area (Å²) in [5.41, 5.74) is 8.94. The van der Waals surface area contributed by atoms with Gasteiger partial charge in [-0.05, 0) is 24.5 Å².